The molecule has 0 bridgehead atoms. The Morgan fingerprint density at radius 2 is 2.27 bits per heavy atom. The number of aliphatic hydroxyl groups excluding tert-OH is 1. The molecular weight excluding hydrogens is 144 g/mol. The summed E-state index contributed by atoms with van der Waals surface area (Å²) in [6.45, 7) is 3.39. The van der Waals surface area contributed by atoms with E-state index in [4.69, 9.17) is 9.84 Å². The quantitative estimate of drug-likeness (QED) is 0.657. The molecule has 0 fully saturated rings. The Bertz CT molecular complexity index is 196. The van der Waals surface area contributed by atoms with Gasteiger partial charge in [0.05, 0.1) is 0 Å². The van der Waals surface area contributed by atoms with Crippen molar-refractivity contribution >= 4 is 0 Å². The van der Waals surface area contributed by atoms with Gasteiger partial charge in [-0.1, -0.05) is 0 Å². The molecule has 0 aliphatic heterocycles. The summed E-state index contributed by atoms with van der Waals surface area (Å²) in [5.74, 6) is 0. The maximum atomic E-state index is 8.86. The lowest BCUT2D eigenvalue weighted by Crippen LogP contribution is -2.16. The molecule has 0 amide bonds. The number of aliphatic hydroxyl groups is 1. The molecule has 0 spiro atoms. The number of rotatable bonds is 3. The van der Waals surface area contributed by atoms with Crippen molar-refractivity contribution in [2.75, 3.05) is 0 Å². The van der Waals surface area contributed by atoms with Crippen LogP contribution in [0.1, 0.15) is 20.1 Å². The first kappa shape index (κ1) is 8.23. The maximum Gasteiger partial charge on any atom is 0.154 e. The SMILES string of the molecule is CC(O)OC(C)n1cccn1. The summed E-state index contributed by atoms with van der Waals surface area (Å²) in [6.07, 6.45) is 2.48. The first-order valence-corrected chi connectivity index (χ1v) is 3.53. The van der Waals surface area contributed by atoms with Gasteiger partial charge in [-0.3, -0.25) is 0 Å². The first-order valence-electron chi connectivity index (χ1n) is 3.53. The van der Waals surface area contributed by atoms with Gasteiger partial charge in [-0.2, -0.15) is 5.10 Å². The Labute approximate surface area is 65.4 Å². The van der Waals surface area contributed by atoms with Crippen LogP contribution in [0.2, 0.25) is 0 Å². The minimum absolute atomic E-state index is 0.218. The number of nitrogens with zero attached hydrogens (tertiary/aromatic N) is 2. The third kappa shape index (κ3) is 2.32. The Balaban J connectivity index is 2.49. The fraction of sp³-hybridized carbons (Fsp3) is 0.571. The monoisotopic (exact) mass is 156 g/mol. The first-order chi connectivity index (χ1) is 5.20. The minimum atomic E-state index is -0.755. The van der Waals surface area contributed by atoms with Crippen molar-refractivity contribution in [3.63, 3.8) is 0 Å². The van der Waals surface area contributed by atoms with Crippen LogP contribution in [0, 0.1) is 0 Å². The second kappa shape index (κ2) is 3.50. The molecule has 1 aromatic heterocycles. The summed E-state index contributed by atoms with van der Waals surface area (Å²) in [5, 5.41) is 12.8. The highest BCUT2D eigenvalue weighted by molar-refractivity contribution is 4.78. The van der Waals surface area contributed by atoms with E-state index < -0.39 is 6.29 Å². The van der Waals surface area contributed by atoms with Crippen molar-refractivity contribution in [1.29, 1.82) is 0 Å². The van der Waals surface area contributed by atoms with Crippen LogP contribution in [0.15, 0.2) is 18.5 Å². The molecule has 0 radical (unpaired) electrons. The predicted octanol–water partition coefficient (Wildman–Crippen LogP) is 0.756. The van der Waals surface area contributed by atoms with Gasteiger partial charge in [-0.25, -0.2) is 4.68 Å². The molecule has 4 heteroatoms. The average Bonchev–Trinajstić information content (AvgIpc) is 2.35. The van der Waals surface area contributed by atoms with Crippen LogP contribution in [0.3, 0.4) is 0 Å². The van der Waals surface area contributed by atoms with Crippen LogP contribution < -0.4 is 0 Å². The predicted molar refractivity (Wildman–Crippen MR) is 39.7 cm³/mol. The highest BCUT2D eigenvalue weighted by Crippen LogP contribution is 2.06. The van der Waals surface area contributed by atoms with Gasteiger partial charge in [0.1, 0.15) is 6.23 Å². The second-order valence-electron chi connectivity index (χ2n) is 2.32. The van der Waals surface area contributed by atoms with E-state index in [0.717, 1.165) is 0 Å². The summed E-state index contributed by atoms with van der Waals surface area (Å²) >= 11 is 0. The van der Waals surface area contributed by atoms with Gasteiger partial charge in [0.2, 0.25) is 0 Å². The number of ether oxygens (including phenoxy) is 1. The zero-order valence-corrected chi connectivity index (χ0v) is 6.64. The molecule has 2 atom stereocenters. The summed E-state index contributed by atoms with van der Waals surface area (Å²) in [5.41, 5.74) is 0. The number of aromatic nitrogens is 2. The van der Waals surface area contributed by atoms with Gasteiger partial charge in [-0.05, 0) is 19.9 Å². The molecule has 0 aliphatic carbocycles. The van der Waals surface area contributed by atoms with Crippen molar-refractivity contribution in [2.45, 2.75) is 26.4 Å². The Morgan fingerprint density at radius 1 is 1.55 bits per heavy atom. The van der Waals surface area contributed by atoms with Gasteiger partial charge in [-0.15, -0.1) is 0 Å². The zero-order chi connectivity index (χ0) is 8.27. The molecule has 2 unspecified atom stereocenters. The van der Waals surface area contributed by atoms with E-state index in [2.05, 4.69) is 5.10 Å². The normalized spacial score (nSPS) is 16.3. The standard InChI is InChI=1S/C7H12N2O2/c1-6(11-7(2)10)9-5-3-4-8-9/h3-7,10H,1-2H3. The third-order valence-corrected chi connectivity index (χ3v) is 1.29. The number of hydrogen-bond acceptors (Lipinski definition) is 3. The molecule has 1 rings (SSSR count). The van der Waals surface area contributed by atoms with Gasteiger partial charge in [0, 0.05) is 12.4 Å². The molecule has 11 heavy (non-hydrogen) atoms. The lowest BCUT2D eigenvalue weighted by molar-refractivity contribution is -0.146. The lowest BCUT2D eigenvalue weighted by atomic mass is 10.6. The third-order valence-electron chi connectivity index (χ3n) is 1.29. The topological polar surface area (TPSA) is 47.3 Å². The zero-order valence-electron chi connectivity index (χ0n) is 6.64. The largest absolute Gasteiger partial charge is 0.368 e. The molecule has 1 heterocycles. The van der Waals surface area contributed by atoms with Crippen LogP contribution in [0.5, 0.6) is 0 Å². The molecule has 0 saturated carbocycles. The van der Waals surface area contributed by atoms with E-state index in [-0.39, 0.29) is 6.23 Å². The highest BCUT2D eigenvalue weighted by Gasteiger charge is 2.06. The van der Waals surface area contributed by atoms with Gasteiger partial charge < -0.3 is 9.84 Å². The van der Waals surface area contributed by atoms with E-state index >= 15 is 0 Å². The molecule has 62 valence electrons. The van der Waals surface area contributed by atoms with Crippen LogP contribution in [0.25, 0.3) is 0 Å². The van der Waals surface area contributed by atoms with Gasteiger partial charge in [0.15, 0.2) is 6.29 Å². The summed E-state index contributed by atoms with van der Waals surface area (Å²) in [4.78, 5) is 0. The van der Waals surface area contributed by atoms with Gasteiger partial charge in [0.25, 0.3) is 0 Å². The molecular formula is C7H12N2O2. The highest BCUT2D eigenvalue weighted by atomic mass is 16.6. The van der Waals surface area contributed by atoms with Crippen molar-refractivity contribution < 1.29 is 9.84 Å². The molecule has 1 aromatic rings. The summed E-state index contributed by atoms with van der Waals surface area (Å²) in [6, 6.07) is 1.81. The van der Waals surface area contributed by atoms with Gasteiger partial charge >= 0.3 is 0 Å². The van der Waals surface area contributed by atoms with Crippen molar-refractivity contribution in [1.82, 2.24) is 9.78 Å². The molecule has 0 aromatic carbocycles. The second-order valence-corrected chi connectivity index (χ2v) is 2.32. The van der Waals surface area contributed by atoms with Crippen LogP contribution in [0.4, 0.5) is 0 Å². The van der Waals surface area contributed by atoms with Crippen molar-refractivity contribution in [2.24, 2.45) is 0 Å². The van der Waals surface area contributed by atoms with Crippen molar-refractivity contribution in [3.05, 3.63) is 18.5 Å². The Kier molecular flexibility index (Phi) is 2.62. The average molecular weight is 156 g/mol. The summed E-state index contributed by atoms with van der Waals surface area (Å²) < 4.78 is 6.68. The Morgan fingerprint density at radius 3 is 2.73 bits per heavy atom. The smallest absolute Gasteiger partial charge is 0.154 e. The van der Waals surface area contributed by atoms with E-state index in [1.807, 2.05) is 13.0 Å². The fourth-order valence-electron chi connectivity index (χ4n) is 0.843. The maximum absolute atomic E-state index is 8.86. The Hall–Kier alpha value is -0.870. The van der Waals surface area contributed by atoms with E-state index in [0.29, 0.717) is 0 Å². The van der Waals surface area contributed by atoms with Crippen LogP contribution in [-0.2, 0) is 4.74 Å². The number of hydrogen-bond donors (Lipinski definition) is 1. The van der Waals surface area contributed by atoms with E-state index in [9.17, 15) is 0 Å². The van der Waals surface area contributed by atoms with Crippen LogP contribution in [-0.4, -0.2) is 21.2 Å². The fourth-order valence-corrected chi connectivity index (χ4v) is 0.843. The van der Waals surface area contributed by atoms with Crippen LogP contribution >= 0.6 is 0 Å². The van der Waals surface area contributed by atoms with Crippen molar-refractivity contribution in [3.8, 4) is 0 Å². The minimum Gasteiger partial charge on any atom is -0.368 e. The molecule has 4 nitrogen and oxygen atoms in total. The summed E-state index contributed by atoms with van der Waals surface area (Å²) in [7, 11) is 0. The molecule has 0 saturated heterocycles. The lowest BCUT2D eigenvalue weighted by Gasteiger charge is -2.14. The molecule has 0 aliphatic rings. The van der Waals surface area contributed by atoms with E-state index in [1.165, 1.54) is 0 Å². The molecule has 1 N–H and O–H groups in total. The van der Waals surface area contributed by atoms with E-state index in [1.54, 1.807) is 24.0 Å².